The number of rotatable bonds is 3. The van der Waals surface area contributed by atoms with Crippen LogP contribution in [0.25, 0.3) is 0 Å². The van der Waals surface area contributed by atoms with Crippen LogP contribution in [0.1, 0.15) is 6.42 Å². The molecule has 0 bridgehead atoms. The van der Waals surface area contributed by atoms with Gasteiger partial charge in [-0.3, -0.25) is 14.6 Å². The van der Waals surface area contributed by atoms with Crippen LogP contribution in [0.3, 0.4) is 0 Å². The van der Waals surface area contributed by atoms with E-state index in [9.17, 15) is 9.59 Å². The highest BCUT2D eigenvalue weighted by Crippen LogP contribution is 2.40. The Bertz CT molecular complexity index is 514. The molecule has 2 aliphatic rings. The maximum Gasteiger partial charge on any atom is 0.307 e. The Morgan fingerprint density at radius 2 is 1.90 bits per heavy atom. The van der Waals surface area contributed by atoms with Gasteiger partial charge in [-0.15, -0.1) is 0 Å². The van der Waals surface area contributed by atoms with Gasteiger partial charge in [0.05, 0.1) is 18.0 Å². The number of amides is 1. The third-order valence-corrected chi connectivity index (χ3v) is 3.89. The van der Waals surface area contributed by atoms with Crippen LogP contribution in [0.4, 0.5) is 5.82 Å². The van der Waals surface area contributed by atoms with E-state index in [0.717, 1.165) is 5.82 Å². The van der Waals surface area contributed by atoms with E-state index in [2.05, 4.69) is 14.9 Å². The smallest absolute Gasteiger partial charge is 0.307 e. The maximum atomic E-state index is 12.1. The Labute approximate surface area is 116 Å². The molecule has 1 amide bonds. The molecule has 0 spiro atoms. The summed E-state index contributed by atoms with van der Waals surface area (Å²) in [5, 5.41) is 8.87. The third kappa shape index (κ3) is 2.43. The summed E-state index contributed by atoms with van der Waals surface area (Å²) in [5.41, 5.74) is 0. The molecule has 2 fully saturated rings. The zero-order chi connectivity index (χ0) is 14.1. The van der Waals surface area contributed by atoms with E-state index in [0.29, 0.717) is 32.6 Å². The molecule has 1 N–H and O–H groups in total. The van der Waals surface area contributed by atoms with E-state index in [1.165, 1.54) is 0 Å². The first-order valence-electron chi connectivity index (χ1n) is 6.69. The number of aliphatic carboxylic acids is 1. The van der Waals surface area contributed by atoms with Crippen LogP contribution in [0, 0.1) is 11.8 Å². The Hall–Kier alpha value is -2.18. The first-order chi connectivity index (χ1) is 9.66. The molecule has 0 unspecified atom stereocenters. The molecule has 1 aliphatic heterocycles. The molecule has 7 nitrogen and oxygen atoms in total. The van der Waals surface area contributed by atoms with Gasteiger partial charge in [0, 0.05) is 38.6 Å². The number of nitrogens with zero attached hydrogens (tertiary/aromatic N) is 4. The molecule has 1 aliphatic carbocycles. The number of aromatic nitrogens is 2. The lowest BCUT2D eigenvalue weighted by Gasteiger charge is -2.35. The second-order valence-electron chi connectivity index (χ2n) is 5.16. The van der Waals surface area contributed by atoms with Crippen molar-refractivity contribution in [3.8, 4) is 0 Å². The second-order valence-corrected chi connectivity index (χ2v) is 5.16. The van der Waals surface area contributed by atoms with Crippen molar-refractivity contribution in [2.75, 3.05) is 31.1 Å². The van der Waals surface area contributed by atoms with Crippen molar-refractivity contribution in [1.29, 1.82) is 0 Å². The standard InChI is InChI=1S/C13H16N4O3/c18-12(9-7-10(9)13(19)20)17-5-3-16(4-6-17)11-8-14-1-2-15-11/h1-2,8-10H,3-7H2,(H,19,20)/t9-,10+/m1/s1. The summed E-state index contributed by atoms with van der Waals surface area (Å²) >= 11 is 0. The van der Waals surface area contributed by atoms with Crippen molar-refractivity contribution < 1.29 is 14.7 Å². The van der Waals surface area contributed by atoms with Crippen LogP contribution in [0.2, 0.25) is 0 Å². The largest absolute Gasteiger partial charge is 0.481 e. The van der Waals surface area contributed by atoms with E-state index in [-0.39, 0.29) is 11.8 Å². The summed E-state index contributed by atoms with van der Waals surface area (Å²) in [7, 11) is 0. The van der Waals surface area contributed by atoms with Crippen molar-refractivity contribution >= 4 is 17.7 Å². The van der Waals surface area contributed by atoms with Crippen LogP contribution >= 0.6 is 0 Å². The first-order valence-corrected chi connectivity index (χ1v) is 6.69. The number of carboxylic acid groups (broad SMARTS) is 1. The van der Waals surface area contributed by atoms with Crippen molar-refractivity contribution in [3.63, 3.8) is 0 Å². The molecule has 1 aromatic heterocycles. The Kier molecular flexibility index (Phi) is 3.25. The maximum absolute atomic E-state index is 12.1. The fraction of sp³-hybridized carbons (Fsp3) is 0.538. The number of hydrogen-bond donors (Lipinski definition) is 1. The lowest BCUT2D eigenvalue weighted by atomic mass is 10.2. The molecule has 7 heteroatoms. The minimum absolute atomic E-state index is 0.0174. The summed E-state index contributed by atoms with van der Waals surface area (Å²) in [6.07, 6.45) is 5.47. The molecule has 3 rings (SSSR count). The zero-order valence-corrected chi connectivity index (χ0v) is 11.0. The van der Waals surface area contributed by atoms with Gasteiger partial charge in [0.25, 0.3) is 0 Å². The van der Waals surface area contributed by atoms with Gasteiger partial charge in [0.1, 0.15) is 5.82 Å². The minimum atomic E-state index is -0.860. The predicted molar refractivity (Wildman–Crippen MR) is 70.1 cm³/mol. The van der Waals surface area contributed by atoms with E-state index in [4.69, 9.17) is 5.11 Å². The number of carbonyl (C=O) groups excluding carboxylic acids is 1. The molecule has 20 heavy (non-hydrogen) atoms. The van der Waals surface area contributed by atoms with Crippen molar-refractivity contribution in [2.45, 2.75) is 6.42 Å². The zero-order valence-electron chi connectivity index (χ0n) is 11.0. The fourth-order valence-electron chi connectivity index (χ4n) is 2.59. The van der Waals surface area contributed by atoms with Crippen molar-refractivity contribution in [1.82, 2.24) is 14.9 Å². The van der Waals surface area contributed by atoms with Crippen LogP contribution in [0.5, 0.6) is 0 Å². The molecule has 2 atom stereocenters. The Morgan fingerprint density at radius 1 is 1.15 bits per heavy atom. The number of anilines is 1. The average Bonchev–Trinajstić information content (AvgIpc) is 3.28. The highest BCUT2D eigenvalue weighted by Gasteiger charge is 2.50. The number of hydrogen-bond acceptors (Lipinski definition) is 5. The van der Waals surface area contributed by atoms with Gasteiger partial charge < -0.3 is 14.9 Å². The minimum Gasteiger partial charge on any atom is -0.481 e. The summed E-state index contributed by atoms with van der Waals surface area (Å²) in [6, 6.07) is 0. The first kappa shape index (κ1) is 12.8. The quantitative estimate of drug-likeness (QED) is 0.826. The third-order valence-electron chi connectivity index (χ3n) is 3.89. The lowest BCUT2D eigenvalue weighted by Crippen LogP contribution is -2.49. The number of carbonyl (C=O) groups is 2. The van der Waals surface area contributed by atoms with Crippen LogP contribution in [-0.2, 0) is 9.59 Å². The second kappa shape index (κ2) is 5.07. The molecule has 0 radical (unpaired) electrons. The monoisotopic (exact) mass is 276 g/mol. The van der Waals surface area contributed by atoms with Gasteiger partial charge in [-0.1, -0.05) is 0 Å². The molecule has 1 saturated carbocycles. The van der Waals surface area contributed by atoms with Gasteiger partial charge in [-0.05, 0) is 6.42 Å². The van der Waals surface area contributed by atoms with Crippen LogP contribution in [0.15, 0.2) is 18.6 Å². The predicted octanol–water partition coefficient (Wildman–Crippen LogP) is -0.154. The Balaban J connectivity index is 1.54. The topological polar surface area (TPSA) is 86.6 Å². The molecule has 1 saturated heterocycles. The van der Waals surface area contributed by atoms with Crippen LogP contribution in [-0.4, -0.2) is 58.0 Å². The molecule has 1 aromatic rings. The highest BCUT2D eigenvalue weighted by atomic mass is 16.4. The highest BCUT2D eigenvalue weighted by molar-refractivity contribution is 5.89. The fourth-order valence-corrected chi connectivity index (χ4v) is 2.59. The van der Waals surface area contributed by atoms with Gasteiger partial charge in [-0.2, -0.15) is 0 Å². The molecule has 106 valence electrons. The van der Waals surface area contributed by atoms with E-state index in [1.807, 2.05) is 0 Å². The average molecular weight is 276 g/mol. The summed E-state index contributed by atoms with van der Waals surface area (Å²) in [6.45, 7) is 2.63. The van der Waals surface area contributed by atoms with E-state index < -0.39 is 11.9 Å². The van der Waals surface area contributed by atoms with Gasteiger partial charge in [0.2, 0.25) is 5.91 Å². The summed E-state index contributed by atoms with van der Waals surface area (Å²) < 4.78 is 0. The molecular weight excluding hydrogens is 260 g/mol. The van der Waals surface area contributed by atoms with Gasteiger partial charge >= 0.3 is 5.97 Å². The van der Waals surface area contributed by atoms with Gasteiger partial charge in [-0.25, -0.2) is 4.98 Å². The number of piperazine rings is 1. The Morgan fingerprint density at radius 3 is 2.45 bits per heavy atom. The van der Waals surface area contributed by atoms with Crippen molar-refractivity contribution in [2.24, 2.45) is 11.8 Å². The summed E-state index contributed by atoms with van der Waals surface area (Å²) in [5.74, 6) is -0.844. The van der Waals surface area contributed by atoms with E-state index >= 15 is 0 Å². The SMILES string of the molecule is O=C(O)[C@H]1C[C@H]1C(=O)N1CCN(c2cnccn2)CC1. The molecule has 2 heterocycles. The number of carboxylic acids is 1. The van der Waals surface area contributed by atoms with Crippen LogP contribution < -0.4 is 4.90 Å². The lowest BCUT2D eigenvalue weighted by molar-refractivity contribution is -0.142. The molecule has 0 aromatic carbocycles. The van der Waals surface area contributed by atoms with Gasteiger partial charge in [0.15, 0.2) is 0 Å². The van der Waals surface area contributed by atoms with Crippen molar-refractivity contribution in [3.05, 3.63) is 18.6 Å². The van der Waals surface area contributed by atoms with E-state index in [1.54, 1.807) is 23.5 Å². The normalized spacial score (nSPS) is 25.4. The summed E-state index contributed by atoms with van der Waals surface area (Å²) in [4.78, 5) is 35.1. The molecular formula is C13H16N4O3.